The van der Waals surface area contributed by atoms with Crippen molar-refractivity contribution in [2.24, 2.45) is 0 Å². The Balaban J connectivity index is 2.21. The number of amides is 2. The highest BCUT2D eigenvalue weighted by atomic mass is 16.5. The van der Waals surface area contributed by atoms with Gasteiger partial charge in [0.25, 0.3) is 5.91 Å². The van der Waals surface area contributed by atoms with Gasteiger partial charge in [0.15, 0.2) is 6.61 Å². The maximum absolute atomic E-state index is 11.5. The molecule has 1 aliphatic rings. The monoisotopic (exact) mass is 249 g/mol. The van der Waals surface area contributed by atoms with E-state index in [1.807, 2.05) is 6.07 Å². The lowest BCUT2D eigenvalue weighted by atomic mass is 10.1. The lowest BCUT2D eigenvalue weighted by Gasteiger charge is -2.26. The van der Waals surface area contributed by atoms with Crippen LogP contribution in [0.15, 0.2) is 18.2 Å². The third-order valence-corrected chi connectivity index (χ3v) is 2.74. The highest BCUT2D eigenvalue weighted by molar-refractivity contribution is 5.97. The van der Waals surface area contributed by atoms with Crippen molar-refractivity contribution < 1.29 is 14.3 Å². The fourth-order valence-corrected chi connectivity index (χ4v) is 1.80. The molecule has 96 valence electrons. The lowest BCUT2D eigenvalue weighted by Crippen LogP contribution is -2.36. The Kier molecular flexibility index (Phi) is 3.47. The Labute approximate surface area is 105 Å². The molecule has 0 spiro atoms. The van der Waals surface area contributed by atoms with Gasteiger partial charge in [-0.2, -0.15) is 0 Å². The molecule has 2 rings (SSSR count). The number of nitrogens with one attached hydrogen (secondary N) is 2. The topological polar surface area (TPSA) is 70.7 Å². The second kappa shape index (κ2) is 5.05. The summed E-state index contributed by atoms with van der Waals surface area (Å²) in [5.41, 5.74) is 6.59. The van der Waals surface area contributed by atoms with Crippen molar-refractivity contribution >= 4 is 17.5 Å². The van der Waals surface area contributed by atoms with Crippen LogP contribution in [0.2, 0.25) is 0 Å². The first-order valence-electron chi connectivity index (χ1n) is 5.59. The summed E-state index contributed by atoms with van der Waals surface area (Å²) in [5, 5.41) is 0. The Morgan fingerprint density at radius 1 is 1.50 bits per heavy atom. The molecule has 2 N–H and O–H groups in total. The highest BCUT2D eigenvalue weighted by Gasteiger charge is 2.22. The summed E-state index contributed by atoms with van der Waals surface area (Å²) < 4.78 is 5.31. The fourth-order valence-electron chi connectivity index (χ4n) is 1.80. The van der Waals surface area contributed by atoms with Gasteiger partial charge in [0.05, 0.1) is 12.1 Å². The van der Waals surface area contributed by atoms with Crippen LogP contribution in [0.5, 0.6) is 5.75 Å². The van der Waals surface area contributed by atoms with Gasteiger partial charge in [0, 0.05) is 14.1 Å². The van der Waals surface area contributed by atoms with Crippen LogP contribution in [-0.4, -0.2) is 32.5 Å². The summed E-state index contributed by atoms with van der Waals surface area (Å²) in [7, 11) is 3.33. The number of carbonyl (C=O) groups is 2. The smallest absolute Gasteiger partial charge is 0.264 e. The second-order valence-corrected chi connectivity index (χ2v) is 4.02. The normalized spacial score (nSPS) is 13.9. The number of carbonyl (C=O) groups excluding carboxylic acids is 2. The van der Waals surface area contributed by atoms with Gasteiger partial charge in [-0.15, -0.1) is 0 Å². The molecule has 0 aromatic heterocycles. The average molecular weight is 249 g/mol. The predicted molar refractivity (Wildman–Crippen MR) is 66.3 cm³/mol. The predicted octanol–water partition coefficient (Wildman–Crippen LogP) is -0.165. The molecule has 1 aromatic carbocycles. The minimum absolute atomic E-state index is 0.0586. The van der Waals surface area contributed by atoms with Crippen LogP contribution in [0, 0.1) is 0 Å². The van der Waals surface area contributed by atoms with Gasteiger partial charge in [-0.1, -0.05) is 6.07 Å². The molecule has 18 heavy (non-hydrogen) atoms. The zero-order chi connectivity index (χ0) is 13.1. The van der Waals surface area contributed by atoms with Crippen molar-refractivity contribution in [1.29, 1.82) is 0 Å². The summed E-state index contributed by atoms with van der Waals surface area (Å²) in [4.78, 5) is 24.5. The van der Waals surface area contributed by atoms with Crippen molar-refractivity contribution in [3.8, 4) is 5.75 Å². The van der Waals surface area contributed by atoms with E-state index in [-0.39, 0.29) is 24.8 Å². The maximum Gasteiger partial charge on any atom is 0.264 e. The van der Waals surface area contributed by atoms with Crippen LogP contribution >= 0.6 is 0 Å². The summed E-state index contributed by atoms with van der Waals surface area (Å²) in [6.45, 7) is 0.0586. The summed E-state index contributed by atoms with van der Waals surface area (Å²) in [6, 6.07) is 5.39. The molecule has 0 fully saturated rings. The largest absolute Gasteiger partial charge is 0.482 e. The molecule has 0 atom stereocenters. The lowest BCUT2D eigenvalue weighted by molar-refractivity contribution is -0.121. The molecular weight excluding hydrogens is 234 g/mol. The van der Waals surface area contributed by atoms with Crippen LogP contribution < -0.4 is 20.5 Å². The van der Waals surface area contributed by atoms with Gasteiger partial charge in [0.2, 0.25) is 5.91 Å². The SMILES string of the molecule is CNNC(=O)Cc1ccc2c(c1)N(C)C(=O)CO2. The van der Waals surface area contributed by atoms with E-state index < -0.39 is 0 Å². The van der Waals surface area contributed by atoms with Gasteiger partial charge < -0.3 is 9.64 Å². The van der Waals surface area contributed by atoms with E-state index in [0.717, 1.165) is 5.56 Å². The number of likely N-dealkylation sites (N-methyl/N-ethyl adjacent to an activating group) is 1. The molecule has 1 aromatic rings. The van der Waals surface area contributed by atoms with E-state index >= 15 is 0 Å². The molecule has 0 bridgehead atoms. The molecule has 0 radical (unpaired) electrons. The number of hydrazine groups is 1. The number of rotatable bonds is 3. The van der Waals surface area contributed by atoms with Crippen LogP contribution in [0.3, 0.4) is 0 Å². The zero-order valence-electron chi connectivity index (χ0n) is 10.3. The van der Waals surface area contributed by atoms with Crippen molar-refractivity contribution in [1.82, 2.24) is 10.9 Å². The van der Waals surface area contributed by atoms with Gasteiger partial charge >= 0.3 is 0 Å². The number of anilines is 1. The third kappa shape index (κ3) is 2.43. The van der Waals surface area contributed by atoms with E-state index in [2.05, 4.69) is 10.9 Å². The van der Waals surface area contributed by atoms with E-state index in [4.69, 9.17) is 4.74 Å². The second-order valence-electron chi connectivity index (χ2n) is 4.02. The van der Waals surface area contributed by atoms with Crippen LogP contribution in [-0.2, 0) is 16.0 Å². The Morgan fingerprint density at radius 3 is 3.00 bits per heavy atom. The number of benzene rings is 1. The van der Waals surface area contributed by atoms with Crippen LogP contribution in [0.1, 0.15) is 5.56 Å². The van der Waals surface area contributed by atoms with Crippen molar-refractivity contribution in [2.45, 2.75) is 6.42 Å². The number of hydrogen-bond acceptors (Lipinski definition) is 4. The summed E-state index contributed by atoms with van der Waals surface area (Å²) in [6.07, 6.45) is 0.246. The van der Waals surface area contributed by atoms with Crippen LogP contribution in [0.4, 0.5) is 5.69 Å². The molecule has 2 amide bonds. The zero-order valence-corrected chi connectivity index (χ0v) is 10.3. The number of fused-ring (bicyclic) bond motifs is 1. The number of hydrogen-bond donors (Lipinski definition) is 2. The molecule has 0 aliphatic carbocycles. The Morgan fingerprint density at radius 2 is 2.28 bits per heavy atom. The molecule has 0 saturated heterocycles. The van der Waals surface area contributed by atoms with Crippen molar-refractivity contribution in [3.05, 3.63) is 23.8 Å². The fraction of sp³-hybridized carbons (Fsp3) is 0.333. The quantitative estimate of drug-likeness (QED) is 0.730. The Bertz CT molecular complexity index is 487. The van der Waals surface area contributed by atoms with Gasteiger partial charge in [-0.3, -0.25) is 15.0 Å². The average Bonchev–Trinajstić information content (AvgIpc) is 2.35. The molecule has 0 saturated carbocycles. The molecule has 1 heterocycles. The summed E-state index contributed by atoms with van der Waals surface area (Å²) >= 11 is 0. The molecular formula is C12H15N3O3. The minimum atomic E-state index is -0.136. The van der Waals surface area contributed by atoms with E-state index in [9.17, 15) is 9.59 Å². The molecule has 6 heteroatoms. The van der Waals surface area contributed by atoms with Gasteiger partial charge in [0.1, 0.15) is 5.75 Å². The van der Waals surface area contributed by atoms with Gasteiger partial charge in [-0.05, 0) is 17.7 Å². The molecule has 6 nitrogen and oxygen atoms in total. The van der Waals surface area contributed by atoms with Crippen molar-refractivity contribution in [3.63, 3.8) is 0 Å². The first kappa shape index (κ1) is 12.4. The molecule has 1 aliphatic heterocycles. The summed E-state index contributed by atoms with van der Waals surface area (Å²) in [5.74, 6) is 0.428. The molecule has 0 unspecified atom stereocenters. The van der Waals surface area contributed by atoms with Crippen LogP contribution in [0.25, 0.3) is 0 Å². The number of ether oxygens (including phenoxy) is 1. The minimum Gasteiger partial charge on any atom is -0.482 e. The van der Waals surface area contributed by atoms with Crippen molar-refractivity contribution in [2.75, 3.05) is 25.6 Å². The number of nitrogens with zero attached hydrogens (tertiary/aromatic N) is 1. The standard InChI is InChI=1S/C12H15N3O3/c1-13-14-11(16)6-8-3-4-10-9(5-8)15(2)12(17)7-18-10/h3-5,13H,6-7H2,1-2H3,(H,14,16). The first-order valence-corrected chi connectivity index (χ1v) is 5.59. The van der Waals surface area contributed by atoms with E-state index in [1.165, 1.54) is 4.90 Å². The van der Waals surface area contributed by atoms with E-state index in [0.29, 0.717) is 11.4 Å². The maximum atomic E-state index is 11.5. The van der Waals surface area contributed by atoms with Gasteiger partial charge in [-0.25, -0.2) is 5.43 Å². The third-order valence-electron chi connectivity index (χ3n) is 2.74. The Hall–Kier alpha value is -2.08. The first-order chi connectivity index (χ1) is 8.61. The highest BCUT2D eigenvalue weighted by Crippen LogP contribution is 2.31. The van der Waals surface area contributed by atoms with E-state index in [1.54, 1.807) is 26.2 Å².